The highest BCUT2D eigenvalue weighted by Crippen LogP contribution is 2.21. The normalized spacial score (nSPS) is 14.9. The molecule has 0 unspecified atom stereocenters. The molecule has 110 valence electrons. The molecule has 2 N–H and O–H groups in total. The third-order valence-corrected chi connectivity index (χ3v) is 3.29. The monoisotopic (exact) mass is 315 g/mol. The third kappa shape index (κ3) is 2.51. The highest BCUT2D eigenvalue weighted by molar-refractivity contribution is 6.30. The topological polar surface area (TPSA) is 87.5 Å². The molecule has 6 nitrogen and oxygen atoms in total. The second-order valence-corrected chi connectivity index (χ2v) is 4.95. The van der Waals surface area contributed by atoms with Crippen molar-refractivity contribution in [3.05, 3.63) is 73.5 Å². The summed E-state index contributed by atoms with van der Waals surface area (Å²) in [7, 11) is 0. The van der Waals surface area contributed by atoms with Crippen LogP contribution < -0.4 is 11.2 Å². The van der Waals surface area contributed by atoms with Gasteiger partial charge in [-0.05, 0) is 36.4 Å². The summed E-state index contributed by atoms with van der Waals surface area (Å²) in [6.45, 7) is 0. The van der Waals surface area contributed by atoms with Gasteiger partial charge in [0.2, 0.25) is 5.88 Å². The number of nitrogens with one attached hydrogen (secondary N) is 1. The van der Waals surface area contributed by atoms with Gasteiger partial charge in [0.25, 0.3) is 5.56 Å². The smallest absolute Gasteiger partial charge is 0.335 e. The molecule has 0 saturated heterocycles. The third-order valence-electron chi connectivity index (χ3n) is 3.06. The first kappa shape index (κ1) is 14.1. The number of aromatic hydroxyl groups is 1. The Balaban J connectivity index is 2.26. The lowest BCUT2D eigenvalue weighted by Crippen LogP contribution is -2.30. The summed E-state index contributed by atoms with van der Waals surface area (Å²) in [5.41, 5.74) is -0.659. The van der Waals surface area contributed by atoms with Gasteiger partial charge in [-0.1, -0.05) is 17.7 Å². The van der Waals surface area contributed by atoms with Crippen molar-refractivity contribution in [1.82, 2.24) is 9.55 Å². The minimum atomic E-state index is -0.752. The fraction of sp³-hybridized carbons (Fsp3) is 0. The molecular formula is C15H10ClN3O3. The lowest BCUT2D eigenvalue weighted by atomic mass is 10.2. The predicted octanol–water partition coefficient (Wildman–Crippen LogP) is 1.87. The van der Waals surface area contributed by atoms with Crippen LogP contribution in [-0.4, -0.2) is 20.9 Å². The van der Waals surface area contributed by atoms with E-state index in [9.17, 15) is 14.7 Å². The molecule has 0 aliphatic carbocycles. The largest absolute Gasteiger partial charge is 0.494 e. The summed E-state index contributed by atoms with van der Waals surface area (Å²) in [6, 6.07) is 6.37. The zero-order valence-corrected chi connectivity index (χ0v) is 11.9. The second-order valence-electron chi connectivity index (χ2n) is 4.52. The Bertz CT molecular complexity index is 937. The number of H-pyrrole nitrogens is 1. The van der Waals surface area contributed by atoms with E-state index in [0.717, 1.165) is 4.57 Å². The molecule has 0 atom stereocenters. The zero-order chi connectivity index (χ0) is 15.7. The zero-order valence-electron chi connectivity index (χ0n) is 11.2. The van der Waals surface area contributed by atoms with Crippen LogP contribution in [0.25, 0.3) is 11.8 Å². The number of halogens is 1. The van der Waals surface area contributed by atoms with Crippen LogP contribution in [0.1, 0.15) is 5.56 Å². The molecule has 1 aliphatic heterocycles. The van der Waals surface area contributed by atoms with Crippen molar-refractivity contribution in [2.24, 2.45) is 4.99 Å². The quantitative estimate of drug-likeness (QED) is 0.886. The van der Waals surface area contributed by atoms with Gasteiger partial charge in [-0.15, -0.1) is 0 Å². The van der Waals surface area contributed by atoms with Gasteiger partial charge in [0.15, 0.2) is 0 Å². The number of aromatic amines is 1. The SMILES string of the molecule is O=c1[nH]c(=O)n(-c2cccc(Cl)c2)c(O)c1/C=C1/C=CC=N1. The molecule has 0 fully saturated rings. The van der Waals surface area contributed by atoms with Crippen LogP contribution in [0.3, 0.4) is 0 Å². The maximum absolute atomic E-state index is 12.0. The molecule has 0 saturated carbocycles. The highest BCUT2D eigenvalue weighted by Gasteiger charge is 2.14. The summed E-state index contributed by atoms with van der Waals surface area (Å²) in [5, 5.41) is 10.7. The number of aromatic nitrogens is 2. The molecule has 22 heavy (non-hydrogen) atoms. The second kappa shape index (κ2) is 5.50. The summed E-state index contributed by atoms with van der Waals surface area (Å²) in [5.74, 6) is -0.473. The molecule has 1 aromatic heterocycles. The van der Waals surface area contributed by atoms with Gasteiger partial charge in [0.1, 0.15) is 5.56 Å². The van der Waals surface area contributed by atoms with Crippen LogP contribution in [0.2, 0.25) is 5.02 Å². The summed E-state index contributed by atoms with van der Waals surface area (Å²) >= 11 is 5.90. The van der Waals surface area contributed by atoms with Crippen LogP contribution in [0, 0.1) is 0 Å². The van der Waals surface area contributed by atoms with Crippen LogP contribution in [0.5, 0.6) is 5.88 Å². The Morgan fingerprint density at radius 3 is 2.82 bits per heavy atom. The molecule has 2 aromatic rings. The standard InChI is InChI=1S/C15H10ClN3O3/c16-9-3-1-5-11(7-9)19-14(21)12(13(20)18-15(19)22)8-10-4-2-6-17-10/h1-8,21H,(H,18,20,22)/b10-8-. The summed E-state index contributed by atoms with van der Waals surface area (Å²) in [6.07, 6.45) is 6.33. The Kier molecular flexibility index (Phi) is 3.52. The molecule has 1 aromatic carbocycles. The Hall–Kier alpha value is -2.86. The number of hydrogen-bond acceptors (Lipinski definition) is 4. The van der Waals surface area contributed by atoms with Crippen LogP contribution in [0.4, 0.5) is 0 Å². The molecule has 3 rings (SSSR count). The molecule has 0 spiro atoms. The minimum Gasteiger partial charge on any atom is -0.494 e. The lowest BCUT2D eigenvalue weighted by Gasteiger charge is -2.10. The van der Waals surface area contributed by atoms with Crippen molar-refractivity contribution in [3.8, 4) is 11.6 Å². The van der Waals surface area contributed by atoms with Gasteiger partial charge in [0, 0.05) is 11.2 Å². The van der Waals surface area contributed by atoms with Gasteiger partial charge < -0.3 is 5.11 Å². The van der Waals surface area contributed by atoms with Crippen molar-refractivity contribution in [2.45, 2.75) is 0 Å². The summed E-state index contributed by atoms with van der Waals surface area (Å²) < 4.78 is 0.974. The first-order chi connectivity index (χ1) is 10.6. The van der Waals surface area contributed by atoms with E-state index in [1.807, 2.05) is 0 Å². The first-order valence-corrected chi connectivity index (χ1v) is 6.71. The van der Waals surface area contributed by atoms with E-state index in [1.165, 1.54) is 12.1 Å². The average molecular weight is 316 g/mol. The fourth-order valence-electron chi connectivity index (χ4n) is 2.07. The molecule has 1 aliphatic rings. The molecular weight excluding hydrogens is 306 g/mol. The Morgan fingerprint density at radius 1 is 1.32 bits per heavy atom. The van der Waals surface area contributed by atoms with Crippen LogP contribution in [-0.2, 0) is 0 Å². The predicted molar refractivity (Wildman–Crippen MR) is 84.9 cm³/mol. The van der Waals surface area contributed by atoms with Gasteiger partial charge in [-0.3, -0.25) is 14.8 Å². The average Bonchev–Trinajstić information content (AvgIpc) is 2.96. The van der Waals surface area contributed by atoms with E-state index < -0.39 is 17.1 Å². The van der Waals surface area contributed by atoms with Crippen molar-refractivity contribution >= 4 is 23.9 Å². The van der Waals surface area contributed by atoms with Gasteiger partial charge in [-0.2, -0.15) is 0 Å². The maximum atomic E-state index is 12.0. The van der Waals surface area contributed by atoms with Crippen molar-refractivity contribution < 1.29 is 5.11 Å². The van der Waals surface area contributed by atoms with E-state index in [2.05, 4.69) is 9.98 Å². The van der Waals surface area contributed by atoms with Crippen molar-refractivity contribution in [1.29, 1.82) is 0 Å². The minimum absolute atomic E-state index is 0.0572. The van der Waals surface area contributed by atoms with Gasteiger partial charge in [0.05, 0.1) is 11.4 Å². The first-order valence-electron chi connectivity index (χ1n) is 6.33. The fourth-order valence-corrected chi connectivity index (χ4v) is 2.25. The van der Waals surface area contributed by atoms with E-state index in [-0.39, 0.29) is 5.56 Å². The molecule has 7 heteroatoms. The lowest BCUT2D eigenvalue weighted by molar-refractivity contribution is 0.429. The van der Waals surface area contributed by atoms with Crippen LogP contribution >= 0.6 is 11.6 Å². The van der Waals surface area contributed by atoms with Gasteiger partial charge in [-0.25, -0.2) is 9.36 Å². The number of hydrogen-bond donors (Lipinski definition) is 2. The Labute approximate surface area is 129 Å². The highest BCUT2D eigenvalue weighted by atomic mass is 35.5. The number of nitrogens with zero attached hydrogens (tertiary/aromatic N) is 2. The van der Waals surface area contributed by atoms with E-state index in [0.29, 0.717) is 16.4 Å². The molecule has 2 heterocycles. The number of aliphatic imine (C=N–C) groups is 1. The Morgan fingerprint density at radius 2 is 2.14 bits per heavy atom. The van der Waals surface area contributed by atoms with Crippen LogP contribution in [0.15, 0.2) is 56.7 Å². The maximum Gasteiger partial charge on any atom is 0.335 e. The molecule has 0 amide bonds. The van der Waals surface area contributed by atoms with Gasteiger partial charge >= 0.3 is 5.69 Å². The van der Waals surface area contributed by atoms with E-state index in [1.54, 1.807) is 36.6 Å². The molecule has 0 radical (unpaired) electrons. The summed E-state index contributed by atoms with van der Waals surface area (Å²) in [4.78, 5) is 30.1. The number of allylic oxidation sites excluding steroid dienone is 2. The number of benzene rings is 1. The van der Waals surface area contributed by atoms with E-state index >= 15 is 0 Å². The van der Waals surface area contributed by atoms with E-state index in [4.69, 9.17) is 11.6 Å². The number of rotatable bonds is 2. The molecule has 0 bridgehead atoms. The van der Waals surface area contributed by atoms with Crippen molar-refractivity contribution in [3.63, 3.8) is 0 Å². The van der Waals surface area contributed by atoms with Crippen molar-refractivity contribution in [2.75, 3.05) is 0 Å².